The van der Waals surface area contributed by atoms with Gasteiger partial charge in [0.05, 0.1) is 11.8 Å². The Morgan fingerprint density at radius 3 is 3.00 bits per heavy atom. The Labute approximate surface area is 178 Å². The molecule has 9 nitrogen and oxygen atoms in total. The number of rotatable bonds is 6. The van der Waals surface area contributed by atoms with E-state index in [-0.39, 0.29) is 17.8 Å². The van der Waals surface area contributed by atoms with Gasteiger partial charge in [-0.15, -0.1) is 0 Å². The largest absolute Gasteiger partial charge is 0.365 e. The molecule has 31 heavy (non-hydrogen) atoms. The van der Waals surface area contributed by atoms with Gasteiger partial charge in [0.25, 0.3) is 5.91 Å². The molecule has 0 aliphatic carbocycles. The monoisotopic (exact) mass is 422 g/mol. The van der Waals surface area contributed by atoms with E-state index in [4.69, 9.17) is 5.84 Å². The number of hydrazine groups is 1. The van der Waals surface area contributed by atoms with Gasteiger partial charge in [-0.2, -0.15) is 0 Å². The second-order valence-electron chi connectivity index (χ2n) is 7.19. The van der Waals surface area contributed by atoms with Gasteiger partial charge in [-0.1, -0.05) is 12.7 Å². The van der Waals surface area contributed by atoms with Crippen LogP contribution < -0.4 is 16.6 Å². The zero-order valence-electron chi connectivity index (χ0n) is 16.8. The summed E-state index contributed by atoms with van der Waals surface area (Å²) in [6.07, 6.45) is 9.27. The Bertz CT molecular complexity index is 1140. The van der Waals surface area contributed by atoms with Gasteiger partial charge < -0.3 is 15.6 Å². The predicted molar refractivity (Wildman–Crippen MR) is 115 cm³/mol. The summed E-state index contributed by atoms with van der Waals surface area (Å²) < 4.78 is 15.3. The number of anilines is 1. The minimum atomic E-state index is -0.370. The molecular formula is C21H23FN8O. The molecule has 0 spiro atoms. The van der Waals surface area contributed by atoms with Crippen LogP contribution in [0.1, 0.15) is 12.8 Å². The molecule has 10 heteroatoms. The van der Waals surface area contributed by atoms with Gasteiger partial charge in [-0.25, -0.2) is 19.3 Å². The van der Waals surface area contributed by atoms with Crippen LogP contribution in [0.15, 0.2) is 61.2 Å². The number of nitrogens with one attached hydrogen (secondary N) is 2. The number of nitrogens with zero attached hydrogens (tertiary/aromatic N) is 5. The van der Waals surface area contributed by atoms with Crippen LogP contribution in [-0.2, 0) is 4.79 Å². The lowest BCUT2D eigenvalue weighted by atomic mass is 10.0. The number of aromatic nitrogens is 4. The van der Waals surface area contributed by atoms with Gasteiger partial charge in [0.15, 0.2) is 5.82 Å². The van der Waals surface area contributed by atoms with E-state index in [1.807, 2.05) is 0 Å². The number of hydrogen-bond donors (Lipinski definition) is 3. The van der Waals surface area contributed by atoms with Crippen LogP contribution >= 0.6 is 0 Å². The molecule has 0 aromatic carbocycles. The quantitative estimate of drug-likeness (QED) is 0.240. The summed E-state index contributed by atoms with van der Waals surface area (Å²) in [4.78, 5) is 27.6. The molecule has 160 valence electrons. The smallest absolute Gasteiger partial charge is 0.255 e. The van der Waals surface area contributed by atoms with Crippen molar-refractivity contribution in [2.24, 2.45) is 5.84 Å². The summed E-state index contributed by atoms with van der Waals surface area (Å²) in [5.74, 6) is 5.85. The van der Waals surface area contributed by atoms with Crippen molar-refractivity contribution in [1.82, 2.24) is 29.7 Å². The van der Waals surface area contributed by atoms with Crippen LogP contribution in [0, 0.1) is 5.82 Å². The van der Waals surface area contributed by atoms with Gasteiger partial charge in [0.1, 0.15) is 23.0 Å². The maximum absolute atomic E-state index is 13.7. The first-order valence-corrected chi connectivity index (χ1v) is 9.89. The Hall–Kier alpha value is -3.79. The standard InChI is InChI=1S/C21H23FN8O/c1-2-14(10-26-23)21(31)29-9-3-4-16(13-29)27-18-7-8-24-20(28-18)17-11-25-19-6-5-15(22)12-30(17)19/h2,5-8,10-12,16,26H,1,3-4,9,13,23H2,(H,24,27,28)/b14-10+/t16-/m1/s1. The topological polar surface area (TPSA) is 113 Å². The minimum Gasteiger partial charge on any atom is -0.365 e. The van der Waals surface area contributed by atoms with E-state index in [0.29, 0.717) is 41.6 Å². The summed E-state index contributed by atoms with van der Waals surface area (Å²) in [6, 6.07) is 4.75. The van der Waals surface area contributed by atoms with E-state index < -0.39 is 0 Å². The molecule has 3 aromatic rings. The third-order valence-corrected chi connectivity index (χ3v) is 5.12. The number of nitrogens with two attached hydrogens (primary N) is 1. The number of halogens is 1. The number of hydrogen-bond acceptors (Lipinski definition) is 7. The fraction of sp³-hybridized carbons (Fsp3) is 0.238. The van der Waals surface area contributed by atoms with Gasteiger partial charge in [0, 0.05) is 37.7 Å². The van der Waals surface area contributed by atoms with Crippen molar-refractivity contribution in [3.8, 4) is 11.5 Å². The second-order valence-corrected chi connectivity index (χ2v) is 7.19. The number of fused-ring (bicyclic) bond motifs is 1. The summed E-state index contributed by atoms with van der Waals surface area (Å²) in [5.41, 5.74) is 3.99. The highest BCUT2D eigenvalue weighted by atomic mass is 19.1. The maximum Gasteiger partial charge on any atom is 0.255 e. The van der Waals surface area contributed by atoms with Crippen LogP contribution in [0.2, 0.25) is 0 Å². The SMILES string of the molecule is C=C/C(=C\NN)C(=O)N1CCC[C@@H](Nc2ccnc(-c3cnc4ccc(F)cn34)n2)C1. The molecule has 0 bridgehead atoms. The van der Waals surface area contributed by atoms with E-state index in [0.717, 1.165) is 12.8 Å². The molecule has 4 rings (SSSR count). The number of pyridine rings is 1. The van der Waals surface area contributed by atoms with Crippen LogP contribution in [0.5, 0.6) is 0 Å². The lowest BCUT2D eigenvalue weighted by Crippen LogP contribution is -2.45. The van der Waals surface area contributed by atoms with E-state index in [1.54, 1.807) is 33.8 Å². The molecule has 1 fully saturated rings. The fourth-order valence-electron chi connectivity index (χ4n) is 3.65. The first kappa shape index (κ1) is 20.5. The van der Waals surface area contributed by atoms with E-state index in [2.05, 4.69) is 32.3 Å². The van der Waals surface area contributed by atoms with Crippen LogP contribution in [-0.4, -0.2) is 49.3 Å². The maximum atomic E-state index is 13.7. The summed E-state index contributed by atoms with van der Waals surface area (Å²) in [6.45, 7) is 4.85. The molecule has 1 aliphatic rings. The number of carbonyl (C=O) groups is 1. The normalized spacial score (nSPS) is 16.9. The van der Waals surface area contributed by atoms with Crippen molar-refractivity contribution in [2.75, 3.05) is 18.4 Å². The average molecular weight is 422 g/mol. The molecule has 1 amide bonds. The molecule has 0 saturated carbocycles. The first-order valence-electron chi connectivity index (χ1n) is 9.89. The molecule has 4 N–H and O–H groups in total. The highest BCUT2D eigenvalue weighted by molar-refractivity contribution is 5.96. The van der Waals surface area contributed by atoms with Gasteiger partial charge in [-0.05, 0) is 31.0 Å². The number of imidazole rings is 1. The fourth-order valence-corrected chi connectivity index (χ4v) is 3.65. The molecule has 4 heterocycles. The average Bonchev–Trinajstić information content (AvgIpc) is 3.20. The number of piperidine rings is 1. The number of likely N-dealkylation sites (tertiary alicyclic amines) is 1. The van der Waals surface area contributed by atoms with Crippen molar-refractivity contribution >= 4 is 17.4 Å². The van der Waals surface area contributed by atoms with Crippen molar-refractivity contribution in [2.45, 2.75) is 18.9 Å². The van der Waals surface area contributed by atoms with Crippen LogP contribution in [0.4, 0.5) is 10.2 Å². The van der Waals surface area contributed by atoms with Crippen molar-refractivity contribution < 1.29 is 9.18 Å². The lowest BCUT2D eigenvalue weighted by molar-refractivity contribution is -0.127. The first-order chi connectivity index (χ1) is 15.1. The highest BCUT2D eigenvalue weighted by Gasteiger charge is 2.25. The van der Waals surface area contributed by atoms with E-state index in [1.165, 1.54) is 24.5 Å². The highest BCUT2D eigenvalue weighted by Crippen LogP contribution is 2.21. The number of carbonyl (C=O) groups excluding carboxylic acids is 1. The summed E-state index contributed by atoms with van der Waals surface area (Å²) in [7, 11) is 0. The third-order valence-electron chi connectivity index (χ3n) is 5.12. The van der Waals surface area contributed by atoms with Gasteiger partial charge >= 0.3 is 0 Å². The summed E-state index contributed by atoms with van der Waals surface area (Å²) in [5, 5.41) is 3.38. The third kappa shape index (κ3) is 4.38. The van der Waals surface area contributed by atoms with Gasteiger partial charge in [-0.3, -0.25) is 15.0 Å². The Balaban J connectivity index is 1.51. The Morgan fingerprint density at radius 1 is 1.32 bits per heavy atom. The van der Waals surface area contributed by atoms with E-state index in [9.17, 15) is 9.18 Å². The van der Waals surface area contributed by atoms with Crippen LogP contribution in [0.25, 0.3) is 17.2 Å². The Kier molecular flexibility index (Phi) is 5.89. The van der Waals surface area contributed by atoms with Crippen LogP contribution in [0.3, 0.4) is 0 Å². The van der Waals surface area contributed by atoms with Crippen molar-refractivity contribution in [3.05, 3.63) is 67.0 Å². The second kappa shape index (κ2) is 8.92. The van der Waals surface area contributed by atoms with E-state index >= 15 is 0 Å². The van der Waals surface area contributed by atoms with Crippen molar-refractivity contribution in [1.29, 1.82) is 0 Å². The minimum absolute atomic E-state index is 0.0250. The summed E-state index contributed by atoms with van der Waals surface area (Å²) >= 11 is 0. The van der Waals surface area contributed by atoms with Crippen molar-refractivity contribution in [3.63, 3.8) is 0 Å². The predicted octanol–water partition coefficient (Wildman–Crippen LogP) is 1.87. The molecule has 1 aliphatic heterocycles. The zero-order valence-corrected chi connectivity index (χ0v) is 16.8. The molecule has 1 atom stereocenters. The lowest BCUT2D eigenvalue weighted by Gasteiger charge is -2.33. The molecule has 0 unspecified atom stereocenters. The number of amides is 1. The molecular weight excluding hydrogens is 399 g/mol. The molecule has 3 aromatic heterocycles. The molecule has 1 saturated heterocycles. The Morgan fingerprint density at radius 2 is 2.19 bits per heavy atom. The van der Waals surface area contributed by atoms with Gasteiger partial charge in [0.2, 0.25) is 0 Å². The zero-order chi connectivity index (χ0) is 21.8. The molecule has 0 radical (unpaired) electrons.